The van der Waals surface area contributed by atoms with E-state index in [1.807, 2.05) is 7.05 Å². The molecule has 1 unspecified atom stereocenters. The summed E-state index contributed by atoms with van der Waals surface area (Å²) in [6.07, 6.45) is 7.17. The molecule has 1 aromatic rings. The highest BCUT2D eigenvalue weighted by Gasteiger charge is 2.33. The lowest BCUT2D eigenvalue weighted by Gasteiger charge is -2.32. The summed E-state index contributed by atoms with van der Waals surface area (Å²) < 4.78 is 1.80. The average molecular weight is 284 g/mol. The molecule has 1 aliphatic rings. The zero-order chi connectivity index (χ0) is 13.7. The highest BCUT2D eigenvalue weighted by molar-refractivity contribution is 7.99. The van der Waals surface area contributed by atoms with Crippen molar-refractivity contribution in [2.45, 2.75) is 55.8 Å². The molecule has 5 nitrogen and oxygen atoms in total. The molecule has 1 atom stereocenters. The van der Waals surface area contributed by atoms with Crippen LogP contribution < -0.4 is 5.32 Å². The smallest absolute Gasteiger partial charge is 0.185 e. The van der Waals surface area contributed by atoms with E-state index >= 15 is 0 Å². The van der Waals surface area contributed by atoms with Crippen LogP contribution >= 0.6 is 11.8 Å². The minimum atomic E-state index is -0.0817. The molecule has 0 amide bonds. The number of rotatable bonds is 9. The van der Waals surface area contributed by atoms with Gasteiger partial charge in [0.2, 0.25) is 0 Å². The second-order valence-electron chi connectivity index (χ2n) is 5.33. The molecule has 2 N–H and O–H groups in total. The number of nitrogens with zero attached hydrogens (tertiary/aromatic N) is 3. The van der Waals surface area contributed by atoms with E-state index in [4.69, 9.17) is 0 Å². The molecule has 1 fully saturated rings. The van der Waals surface area contributed by atoms with Gasteiger partial charge in [0.05, 0.1) is 6.61 Å². The van der Waals surface area contributed by atoms with Gasteiger partial charge in [-0.15, -0.1) is 0 Å². The van der Waals surface area contributed by atoms with E-state index in [2.05, 4.69) is 22.3 Å². The quantitative estimate of drug-likeness (QED) is 0.532. The molecule has 1 aliphatic carbocycles. The lowest BCUT2D eigenvalue weighted by molar-refractivity contribution is 0.144. The van der Waals surface area contributed by atoms with Crippen LogP contribution in [-0.2, 0) is 7.05 Å². The van der Waals surface area contributed by atoms with Gasteiger partial charge in [-0.1, -0.05) is 18.7 Å². The third kappa shape index (κ3) is 4.19. The maximum atomic E-state index is 9.68. The van der Waals surface area contributed by atoms with Gasteiger partial charge in [-0.25, -0.2) is 9.67 Å². The molecule has 0 aliphatic heterocycles. The summed E-state index contributed by atoms with van der Waals surface area (Å²) in [7, 11) is 1.91. The molecule has 0 aromatic carbocycles. The van der Waals surface area contributed by atoms with Crippen LogP contribution in [0.3, 0.4) is 0 Å². The number of hydrogen-bond donors (Lipinski definition) is 2. The van der Waals surface area contributed by atoms with Crippen LogP contribution in [-0.4, -0.2) is 43.8 Å². The van der Waals surface area contributed by atoms with Gasteiger partial charge in [0, 0.05) is 24.4 Å². The van der Waals surface area contributed by atoms with E-state index in [-0.39, 0.29) is 12.1 Å². The first-order valence-corrected chi connectivity index (χ1v) is 8.03. The number of aliphatic hydroxyl groups excluding tert-OH is 1. The molecule has 0 radical (unpaired) electrons. The predicted molar refractivity (Wildman–Crippen MR) is 77.2 cm³/mol. The highest BCUT2D eigenvalue weighted by Crippen LogP contribution is 2.27. The summed E-state index contributed by atoms with van der Waals surface area (Å²) in [5.41, 5.74) is -0.0817. The van der Waals surface area contributed by atoms with Gasteiger partial charge in [-0.3, -0.25) is 0 Å². The van der Waals surface area contributed by atoms with Crippen molar-refractivity contribution in [3.63, 3.8) is 0 Å². The summed E-state index contributed by atoms with van der Waals surface area (Å²) in [6, 6.07) is 0.637. The SMILES string of the molecule is CCC(CO)(CCCSc1ncnn1C)NC1CC1. The number of thioether (sulfide) groups is 1. The molecule has 1 aromatic heterocycles. The summed E-state index contributed by atoms with van der Waals surface area (Å²) in [4.78, 5) is 4.20. The van der Waals surface area contributed by atoms with Crippen molar-refractivity contribution in [2.75, 3.05) is 12.4 Å². The van der Waals surface area contributed by atoms with Crippen molar-refractivity contribution in [1.29, 1.82) is 0 Å². The summed E-state index contributed by atoms with van der Waals surface area (Å²) >= 11 is 1.73. The van der Waals surface area contributed by atoms with Gasteiger partial charge >= 0.3 is 0 Å². The minimum absolute atomic E-state index is 0.0817. The van der Waals surface area contributed by atoms with Crippen molar-refractivity contribution in [3.05, 3.63) is 6.33 Å². The second-order valence-corrected chi connectivity index (χ2v) is 6.39. The Morgan fingerprint density at radius 2 is 2.37 bits per heavy atom. The first-order valence-electron chi connectivity index (χ1n) is 7.04. The molecule has 6 heteroatoms. The van der Waals surface area contributed by atoms with Crippen molar-refractivity contribution in [2.24, 2.45) is 7.05 Å². The van der Waals surface area contributed by atoms with E-state index < -0.39 is 0 Å². The van der Waals surface area contributed by atoms with Gasteiger partial charge in [-0.2, -0.15) is 5.10 Å². The Hall–Kier alpha value is -0.590. The van der Waals surface area contributed by atoms with Gasteiger partial charge in [-0.05, 0) is 32.1 Å². The van der Waals surface area contributed by atoms with Crippen molar-refractivity contribution >= 4 is 11.8 Å². The monoisotopic (exact) mass is 284 g/mol. The Kier molecular flexibility index (Phi) is 5.24. The number of aliphatic hydroxyl groups is 1. The Bertz CT molecular complexity index is 388. The minimum Gasteiger partial charge on any atom is -0.394 e. The average Bonchev–Trinajstić information content (AvgIpc) is 3.15. The summed E-state index contributed by atoms with van der Waals surface area (Å²) in [5.74, 6) is 1.01. The molecule has 0 saturated heterocycles. The number of nitrogens with one attached hydrogen (secondary N) is 1. The molecular formula is C13H24N4OS. The first kappa shape index (κ1) is 14.8. The molecule has 2 rings (SSSR count). The van der Waals surface area contributed by atoms with Crippen molar-refractivity contribution in [1.82, 2.24) is 20.1 Å². The third-order valence-electron chi connectivity index (χ3n) is 3.77. The Morgan fingerprint density at radius 3 is 2.89 bits per heavy atom. The van der Waals surface area contributed by atoms with E-state index in [9.17, 15) is 5.11 Å². The predicted octanol–water partition coefficient (Wildman–Crippen LogP) is 1.58. The number of aryl methyl sites for hydroxylation is 1. The van der Waals surface area contributed by atoms with Crippen LogP contribution in [0.2, 0.25) is 0 Å². The Morgan fingerprint density at radius 1 is 1.58 bits per heavy atom. The largest absolute Gasteiger partial charge is 0.394 e. The van der Waals surface area contributed by atoms with Crippen LogP contribution in [0, 0.1) is 0 Å². The van der Waals surface area contributed by atoms with Crippen LogP contribution in [0.4, 0.5) is 0 Å². The summed E-state index contributed by atoms with van der Waals surface area (Å²) in [6.45, 7) is 2.38. The molecule has 0 spiro atoms. The lowest BCUT2D eigenvalue weighted by Crippen LogP contribution is -2.49. The van der Waals surface area contributed by atoms with E-state index in [0.717, 1.165) is 30.2 Å². The van der Waals surface area contributed by atoms with Crippen molar-refractivity contribution < 1.29 is 5.11 Å². The van der Waals surface area contributed by atoms with Gasteiger partial charge in [0.15, 0.2) is 5.16 Å². The topological polar surface area (TPSA) is 63.0 Å². The molecule has 1 saturated carbocycles. The van der Waals surface area contributed by atoms with Crippen LogP contribution in [0.25, 0.3) is 0 Å². The highest BCUT2D eigenvalue weighted by atomic mass is 32.2. The van der Waals surface area contributed by atoms with Gasteiger partial charge in [0.1, 0.15) is 6.33 Å². The molecular weight excluding hydrogens is 260 g/mol. The lowest BCUT2D eigenvalue weighted by atomic mass is 9.91. The fourth-order valence-electron chi connectivity index (χ4n) is 2.24. The fourth-order valence-corrected chi connectivity index (χ4v) is 3.07. The normalized spacial score (nSPS) is 18.5. The standard InChI is InChI=1S/C13H24N4OS/c1-3-13(9-18,16-11-5-6-11)7-4-8-19-12-14-10-15-17(12)2/h10-11,16,18H,3-9H2,1-2H3. The number of hydrogen-bond acceptors (Lipinski definition) is 5. The zero-order valence-corrected chi connectivity index (χ0v) is 12.6. The van der Waals surface area contributed by atoms with Gasteiger partial charge < -0.3 is 10.4 Å². The zero-order valence-electron chi connectivity index (χ0n) is 11.8. The summed E-state index contributed by atoms with van der Waals surface area (Å²) in [5, 5.41) is 18.3. The second kappa shape index (κ2) is 6.72. The Labute approximate surface area is 119 Å². The van der Waals surface area contributed by atoms with Gasteiger partial charge in [0.25, 0.3) is 0 Å². The van der Waals surface area contributed by atoms with Crippen LogP contribution in [0.5, 0.6) is 0 Å². The first-order chi connectivity index (χ1) is 9.19. The third-order valence-corrected chi connectivity index (χ3v) is 4.89. The number of aromatic nitrogens is 3. The fraction of sp³-hybridized carbons (Fsp3) is 0.846. The molecule has 108 valence electrons. The molecule has 1 heterocycles. The molecule has 0 bridgehead atoms. The van der Waals surface area contributed by atoms with E-state index in [1.54, 1.807) is 22.8 Å². The maximum Gasteiger partial charge on any atom is 0.185 e. The maximum absolute atomic E-state index is 9.68. The van der Waals surface area contributed by atoms with Crippen LogP contribution in [0.1, 0.15) is 39.0 Å². The van der Waals surface area contributed by atoms with E-state index in [1.165, 1.54) is 12.8 Å². The Balaban J connectivity index is 1.74. The van der Waals surface area contributed by atoms with Crippen LogP contribution in [0.15, 0.2) is 11.5 Å². The molecule has 19 heavy (non-hydrogen) atoms. The van der Waals surface area contributed by atoms with Crippen molar-refractivity contribution in [3.8, 4) is 0 Å². The van der Waals surface area contributed by atoms with E-state index in [0.29, 0.717) is 6.04 Å².